The summed E-state index contributed by atoms with van der Waals surface area (Å²) >= 11 is 0. The molecule has 1 saturated carbocycles. The van der Waals surface area contributed by atoms with E-state index in [-0.39, 0.29) is 0 Å². The van der Waals surface area contributed by atoms with Crippen LogP contribution in [-0.2, 0) is 6.42 Å². The molecule has 2 unspecified atom stereocenters. The van der Waals surface area contributed by atoms with Gasteiger partial charge in [-0.25, -0.2) is 9.97 Å². The van der Waals surface area contributed by atoms with E-state index in [1.54, 1.807) is 0 Å². The van der Waals surface area contributed by atoms with Gasteiger partial charge in [-0.1, -0.05) is 13.8 Å². The molecule has 19 heavy (non-hydrogen) atoms. The van der Waals surface area contributed by atoms with Gasteiger partial charge in [0.1, 0.15) is 17.5 Å². The van der Waals surface area contributed by atoms with Gasteiger partial charge in [-0.2, -0.15) is 0 Å². The fourth-order valence-corrected chi connectivity index (χ4v) is 2.59. The van der Waals surface area contributed by atoms with Gasteiger partial charge in [0.15, 0.2) is 0 Å². The first-order valence-corrected chi connectivity index (χ1v) is 7.33. The average Bonchev–Trinajstić information content (AvgIpc) is 3.07. The normalized spacial score (nSPS) is 21.3. The summed E-state index contributed by atoms with van der Waals surface area (Å²) in [6.45, 7) is 7.70. The van der Waals surface area contributed by atoms with Crippen LogP contribution in [0.3, 0.4) is 0 Å². The molecule has 4 nitrogen and oxygen atoms in total. The summed E-state index contributed by atoms with van der Waals surface area (Å²) in [5.74, 6) is 4.71. The largest absolute Gasteiger partial charge is 0.373 e. The second-order valence-corrected chi connectivity index (χ2v) is 5.79. The Balaban J connectivity index is 2.23. The topological polar surface area (TPSA) is 41.1 Å². The van der Waals surface area contributed by atoms with Gasteiger partial charge in [0, 0.05) is 32.6 Å². The molecule has 0 aliphatic heterocycles. The van der Waals surface area contributed by atoms with E-state index in [1.807, 2.05) is 7.05 Å². The van der Waals surface area contributed by atoms with Gasteiger partial charge in [0.05, 0.1) is 0 Å². The molecule has 0 radical (unpaired) electrons. The highest BCUT2D eigenvalue weighted by Crippen LogP contribution is 2.39. The summed E-state index contributed by atoms with van der Waals surface area (Å²) in [7, 11) is 4.08. The van der Waals surface area contributed by atoms with E-state index in [4.69, 9.17) is 4.98 Å². The maximum Gasteiger partial charge on any atom is 0.137 e. The van der Waals surface area contributed by atoms with E-state index in [9.17, 15) is 0 Å². The molecule has 0 aromatic carbocycles. The lowest BCUT2D eigenvalue weighted by atomic mass is 10.2. The molecule has 1 N–H and O–H groups in total. The van der Waals surface area contributed by atoms with E-state index in [0.717, 1.165) is 54.2 Å². The van der Waals surface area contributed by atoms with E-state index in [2.05, 4.69) is 43.0 Å². The van der Waals surface area contributed by atoms with E-state index in [0.29, 0.717) is 0 Å². The van der Waals surface area contributed by atoms with Gasteiger partial charge >= 0.3 is 0 Å². The van der Waals surface area contributed by atoms with Crippen molar-refractivity contribution in [1.82, 2.24) is 9.97 Å². The Morgan fingerprint density at radius 3 is 2.58 bits per heavy atom. The zero-order valence-electron chi connectivity index (χ0n) is 12.8. The highest BCUT2D eigenvalue weighted by molar-refractivity contribution is 5.58. The van der Waals surface area contributed by atoms with Crippen molar-refractivity contribution in [3.05, 3.63) is 11.4 Å². The van der Waals surface area contributed by atoms with E-state index < -0.39 is 0 Å². The highest BCUT2D eigenvalue weighted by atomic mass is 15.2. The molecule has 0 bridgehead atoms. The Kier molecular flexibility index (Phi) is 4.27. The van der Waals surface area contributed by atoms with Crippen LogP contribution in [0.2, 0.25) is 0 Å². The monoisotopic (exact) mass is 262 g/mol. The summed E-state index contributed by atoms with van der Waals surface area (Å²) in [6, 6.07) is 0. The molecule has 0 spiro atoms. The van der Waals surface area contributed by atoms with Gasteiger partial charge in [-0.3, -0.25) is 0 Å². The van der Waals surface area contributed by atoms with Crippen molar-refractivity contribution < 1.29 is 0 Å². The maximum atomic E-state index is 4.75. The molecule has 106 valence electrons. The first-order valence-electron chi connectivity index (χ1n) is 7.33. The summed E-state index contributed by atoms with van der Waals surface area (Å²) in [5, 5.41) is 3.19. The van der Waals surface area contributed by atoms with Crippen LogP contribution >= 0.6 is 0 Å². The van der Waals surface area contributed by atoms with Gasteiger partial charge in [0.2, 0.25) is 0 Å². The van der Waals surface area contributed by atoms with Crippen molar-refractivity contribution in [2.45, 2.75) is 40.0 Å². The Labute approximate surface area is 116 Å². The Hall–Kier alpha value is -1.32. The van der Waals surface area contributed by atoms with Crippen molar-refractivity contribution in [2.24, 2.45) is 11.8 Å². The second kappa shape index (κ2) is 5.76. The average molecular weight is 262 g/mol. The van der Waals surface area contributed by atoms with Crippen LogP contribution in [0.15, 0.2) is 0 Å². The quantitative estimate of drug-likeness (QED) is 0.856. The SMILES string of the molecule is CCCc1nc(NC)c(C)c(N(C)CC2CC2C)n1. The predicted molar refractivity (Wildman–Crippen MR) is 80.9 cm³/mol. The lowest BCUT2D eigenvalue weighted by Crippen LogP contribution is -2.24. The van der Waals surface area contributed by atoms with Gasteiger partial charge in [-0.15, -0.1) is 0 Å². The molecule has 1 heterocycles. The molecular formula is C15H26N4. The number of hydrogen-bond donors (Lipinski definition) is 1. The van der Waals surface area contributed by atoms with Crippen molar-refractivity contribution >= 4 is 11.6 Å². The van der Waals surface area contributed by atoms with Crippen LogP contribution in [0, 0.1) is 18.8 Å². The molecule has 1 aliphatic rings. The number of aryl methyl sites for hydroxylation is 1. The Bertz CT molecular complexity index is 444. The smallest absolute Gasteiger partial charge is 0.137 e. The number of nitrogens with zero attached hydrogens (tertiary/aromatic N) is 3. The standard InChI is InChI=1S/C15H26N4/c1-6-7-13-17-14(16-4)11(3)15(18-13)19(5)9-12-8-10(12)2/h10,12H,6-9H2,1-5H3,(H,16,17,18). The number of aromatic nitrogens is 2. The minimum atomic E-state index is 0.840. The minimum absolute atomic E-state index is 0.840. The lowest BCUT2D eigenvalue weighted by Gasteiger charge is -2.22. The maximum absolute atomic E-state index is 4.75. The molecular weight excluding hydrogens is 236 g/mol. The minimum Gasteiger partial charge on any atom is -0.373 e. The van der Waals surface area contributed by atoms with Crippen LogP contribution in [0.1, 0.15) is 38.1 Å². The van der Waals surface area contributed by atoms with E-state index >= 15 is 0 Å². The number of rotatable bonds is 6. The first kappa shape index (κ1) is 14.1. The lowest BCUT2D eigenvalue weighted by molar-refractivity contribution is 0.712. The fourth-order valence-electron chi connectivity index (χ4n) is 2.59. The Morgan fingerprint density at radius 2 is 2.05 bits per heavy atom. The third-order valence-electron chi connectivity index (χ3n) is 4.02. The number of hydrogen-bond acceptors (Lipinski definition) is 4. The van der Waals surface area contributed by atoms with Crippen molar-refractivity contribution in [1.29, 1.82) is 0 Å². The van der Waals surface area contributed by atoms with Crippen molar-refractivity contribution in [3.8, 4) is 0 Å². The predicted octanol–water partition coefficient (Wildman–Crippen LogP) is 2.87. The molecule has 2 rings (SSSR count). The molecule has 0 amide bonds. The summed E-state index contributed by atoms with van der Waals surface area (Å²) in [5.41, 5.74) is 1.15. The number of anilines is 2. The van der Waals surface area contributed by atoms with Gasteiger partial charge < -0.3 is 10.2 Å². The molecule has 1 aromatic heterocycles. The van der Waals surface area contributed by atoms with Gasteiger partial charge in [-0.05, 0) is 31.6 Å². The Morgan fingerprint density at radius 1 is 1.37 bits per heavy atom. The molecule has 1 aromatic rings. The van der Waals surface area contributed by atoms with Crippen LogP contribution in [0.4, 0.5) is 11.6 Å². The van der Waals surface area contributed by atoms with Gasteiger partial charge in [0.25, 0.3) is 0 Å². The van der Waals surface area contributed by atoms with Crippen LogP contribution in [0.25, 0.3) is 0 Å². The molecule has 1 aliphatic carbocycles. The molecule has 4 heteroatoms. The highest BCUT2D eigenvalue weighted by Gasteiger charge is 2.33. The third kappa shape index (κ3) is 3.17. The zero-order valence-corrected chi connectivity index (χ0v) is 12.8. The zero-order chi connectivity index (χ0) is 14.0. The summed E-state index contributed by atoms with van der Waals surface area (Å²) in [4.78, 5) is 11.6. The van der Waals surface area contributed by atoms with Crippen molar-refractivity contribution in [2.75, 3.05) is 30.9 Å². The molecule has 0 saturated heterocycles. The second-order valence-electron chi connectivity index (χ2n) is 5.79. The first-order chi connectivity index (χ1) is 9.06. The van der Waals surface area contributed by atoms with Crippen LogP contribution < -0.4 is 10.2 Å². The molecule has 1 fully saturated rings. The molecule has 2 atom stereocenters. The van der Waals surface area contributed by atoms with Crippen LogP contribution in [0.5, 0.6) is 0 Å². The van der Waals surface area contributed by atoms with E-state index in [1.165, 1.54) is 6.42 Å². The third-order valence-corrected chi connectivity index (χ3v) is 4.02. The fraction of sp³-hybridized carbons (Fsp3) is 0.733. The summed E-state index contributed by atoms with van der Waals surface area (Å²) < 4.78 is 0. The van der Waals surface area contributed by atoms with Crippen molar-refractivity contribution in [3.63, 3.8) is 0 Å². The van der Waals surface area contributed by atoms with Crippen LogP contribution in [-0.4, -0.2) is 30.6 Å². The number of nitrogens with one attached hydrogen (secondary N) is 1. The summed E-state index contributed by atoms with van der Waals surface area (Å²) in [6.07, 6.45) is 3.37.